The maximum Gasteiger partial charge on any atom is 0.208 e. The van der Waals surface area contributed by atoms with Gasteiger partial charge in [-0.05, 0) is 17.7 Å². The van der Waals surface area contributed by atoms with Gasteiger partial charge in [-0.2, -0.15) is 0 Å². The van der Waals surface area contributed by atoms with Gasteiger partial charge in [0.15, 0.2) is 0 Å². The van der Waals surface area contributed by atoms with Crippen molar-refractivity contribution in [3.05, 3.63) is 77.1 Å². The zero-order valence-corrected chi connectivity index (χ0v) is 13.0. The maximum atomic E-state index is 13.6. The van der Waals surface area contributed by atoms with Gasteiger partial charge >= 0.3 is 0 Å². The van der Waals surface area contributed by atoms with E-state index in [4.69, 9.17) is 0 Å². The zero-order chi connectivity index (χ0) is 17.1. The summed E-state index contributed by atoms with van der Waals surface area (Å²) in [4.78, 5) is 4.04. The van der Waals surface area contributed by atoms with Gasteiger partial charge in [0.2, 0.25) is 5.16 Å². The fourth-order valence-electron chi connectivity index (χ4n) is 2.03. The van der Waals surface area contributed by atoms with Gasteiger partial charge in [-0.1, -0.05) is 23.9 Å². The first kappa shape index (κ1) is 16.5. The topological polar surface area (TPSA) is 30.7 Å². The van der Waals surface area contributed by atoms with Crippen molar-refractivity contribution in [2.45, 2.75) is 17.5 Å². The number of hydrogen-bond donors (Lipinski definition) is 0. The third kappa shape index (κ3) is 3.94. The van der Waals surface area contributed by atoms with E-state index in [-0.39, 0.29) is 17.9 Å². The van der Waals surface area contributed by atoms with Crippen LogP contribution in [0.3, 0.4) is 0 Å². The minimum absolute atomic E-state index is 0.102. The molecule has 0 amide bonds. The highest BCUT2D eigenvalue weighted by Crippen LogP contribution is 2.21. The lowest BCUT2D eigenvalue weighted by atomic mass is 10.2. The van der Waals surface area contributed by atoms with E-state index in [0.29, 0.717) is 10.7 Å². The first-order valence-electron chi connectivity index (χ1n) is 6.91. The molecule has 0 unspecified atom stereocenters. The van der Waals surface area contributed by atoms with E-state index in [9.17, 15) is 17.6 Å². The molecule has 0 aliphatic rings. The molecule has 0 radical (unpaired) electrons. The van der Waals surface area contributed by atoms with Crippen LogP contribution in [0.2, 0.25) is 0 Å². The quantitative estimate of drug-likeness (QED) is 0.509. The van der Waals surface area contributed by atoms with Crippen LogP contribution in [0, 0.1) is 23.3 Å². The highest BCUT2D eigenvalue weighted by Gasteiger charge is 2.09. The van der Waals surface area contributed by atoms with Gasteiger partial charge in [0.1, 0.15) is 29.6 Å². The lowest BCUT2D eigenvalue weighted by molar-refractivity contribution is 0.556. The van der Waals surface area contributed by atoms with Crippen molar-refractivity contribution in [2.24, 2.45) is 0 Å². The molecule has 0 saturated heterocycles. The van der Waals surface area contributed by atoms with Crippen molar-refractivity contribution in [3.8, 4) is 0 Å². The second-order valence-electron chi connectivity index (χ2n) is 4.98. The first-order chi connectivity index (χ1) is 11.5. The Bertz CT molecular complexity index is 866. The van der Waals surface area contributed by atoms with E-state index >= 15 is 0 Å². The number of halogens is 4. The van der Waals surface area contributed by atoms with Crippen LogP contribution in [0.5, 0.6) is 0 Å². The third-order valence-corrected chi connectivity index (χ3v) is 4.14. The summed E-state index contributed by atoms with van der Waals surface area (Å²) < 4.78 is 54.3. The monoisotopic (exact) mass is 353 g/mol. The number of thioether (sulfide) groups is 1. The molecule has 124 valence electrons. The molecule has 0 fully saturated rings. The van der Waals surface area contributed by atoms with Gasteiger partial charge in [0.25, 0.3) is 0 Å². The molecular formula is C16H11F4N3S. The van der Waals surface area contributed by atoms with Crippen LogP contribution in [0.25, 0.3) is 0 Å². The van der Waals surface area contributed by atoms with Gasteiger partial charge in [-0.3, -0.25) is 0 Å². The van der Waals surface area contributed by atoms with E-state index < -0.39 is 23.3 Å². The molecule has 3 rings (SSSR count). The maximum absolute atomic E-state index is 13.6. The van der Waals surface area contributed by atoms with E-state index in [1.165, 1.54) is 47.0 Å². The Morgan fingerprint density at radius 2 is 1.50 bits per heavy atom. The Labute approximate surface area is 139 Å². The van der Waals surface area contributed by atoms with E-state index in [0.717, 1.165) is 12.1 Å². The standard InChI is InChI=1S/C16H11F4N3S/c17-12-3-1-10(14(19)5-12)7-23-9-21-16(22-23)24-8-11-2-4-13(18)6-15(11)20/h1-6,9H,7-8H2. The highest BCUT2D eigenvalue weighted by atomic mass is 32.2. The summed E-state index contributed by atoms with van der Waals surface area (Å²) in [6, 6.07) is 6.68. The van der Waals surface area contributed by atoms with Crippen molar-refractivity contribution >= 4 is 11.8 Å². The lowest BCUT2D eigenvalue weighted by Gasteiger charge is -2.03. The van der Waals surface area contributed by atoms with Gasteiger partial charge in [-0.25, -0.2) is 27.2 Å². The largest absolute Gasteiger partial charge is 0.247 e. The average molecular weight is 353 g/mol. The van der Waals surface area contributed by atoms with E-state index in [1.54, 1.807) is 0 Å². The minimum Gasteiger partial charge on any atom is -0.247 e. The second kappa shape index (κ2) is 7.04. The van der Waals surface area contributed by atoms with Gasteiger partial charge in [0, 0.05) is 23.4 Å². The molecule has 24 heavy (non-hydrogen) atoms. The average Bonchev–Trinajstić information content (AvgIpc) is 2.97. The van der Waals surface area contributed by atoms with Crippen molar-refractivity contribution in [1.29, 1.82) is 0 Å². The van der Waals surface area contributed by atoms with Crippen molar-refractivity contribution in [2.75, 3.05) is 0 Å². The molecule has 0 N–H and O–H groups in total. The molecule has 0 bridgehead atoms. The number of hydrogen-bond acceptors (Lipinski definition) is 3. The summed E-state index contributed by atoms with van der Waals surface area (Å²) in [5.74, 6) is -2.33. The molecule has 8 heteroatoms. The van der Waals surface area contributed by atoms with Crippen molar-refractivity contribution < 1.29 is 17.6 Å². The Morgan fingerprint density at radius 3 is 2.12 bits per heavy atom. The number of rotatable bonds is 5. The summed E-state index contributed by atoms with van der Waals surface area (Å²) in [5.41, 5.74) is 0.616. The normalized spacial score (nSPS) is 11.0. The predicted molar refractivity (Wildman–Crippen MR) is 81.4 cm³/mol. The van der Waals surface area contributed by atoms with Crippen LogP contribution in [0.4, 0.5) is 17.6 Å². The zero-order valence-electron chi connectivity index (χ0n) is 12.2. The molecule has 3 aromatic rings. The van der Waals surface area contributed by atoms with Crippen LogP contribution in [0.15, 0.2) is 47.9 Å². The summed E-state index contributed by atoms with van der Waals surface area (Å²) in [6.45, 7) is 0.102. The Morgan fingerprint density at radius 1 is 0.875 bits per heavy atom. The molecule has 0 aliphatic carbocycles. The summed E-state index contributed by atoms with van der Waals surface area (Å²) in [7, 11) is 0. The van der Waals surface area contributed by atoms with Gasteiger partial charge in [-0.15, -0.1) is 5.10 Å². The summed E-state index contributed by atoms with van der Waals surface area (Å²) in [5, 5.41) is 4.52. The molecule has 1 aromatic heterocycles. The van der Waals surface area contributed by atoms with Crippen LogP contribution in [-0.2, 0) is 12.3 Å². The van der Waals surface area contributed by atoms with Crippen molar-refractivity contribution in [3.63, 3.8) is 0 Å². The fourth-order valence-corrected chi connectivity index (χ4v) is 2.83. The minimum atomic E-state index is -0.659. The SMILES string of the molecule is Fc1ccc(CSc2ncn(Cc3ccc(F)cc3F)n2)c(F)c1. The van der Waals surface area contributed by atoms with Crippen LogP contribution in [0.1, 0.15) is 11.1 Å². The summed E-state index contributed by atoms with van der Waals surface area (Å²) >= 11 is 1.17. The van der Waals surface area contributed by atoms with Gasteiger partial charge in [0.05, 0.1) is 6.54 Å². The molecule has 0 saturated carbocycles. The Hall–Kier alpha value is -2.35. The summed E-state index contributed by atoms with van der Waals surface area (Å²) in [6.07, 6.45) is 1.41. The fraction of sp³-hybridized carbons (Fsp3) is 0.125. The van der Waals surface area contributed by atoms with E-state index in [2.05, 4.69) is 10.1 Å². The van der Waals surface area contributed by atoms with Gasteiger partial charge < -0.3 is 0 Å². The van der Waals surface area contributed by atoms with Crippen molar-refractivity contribution in [1.82, 2.24) is 14.8 Å². The molecular weight excluding hydrogens is 342 g/mol. The lowest BCUT2D eigenvalue weighted by Crippen LogP contribution is -2.03. The molecule has 0 atom stereocenters. The van der Waals surface area contributed by atoms with Crippen LogP contribution < -0.4 is 0 Å². The molecule has 2 aromatic carbocycles. The first-order valence-corrected chi connectivity index (χ1v) is 7.90. The molecule has 0 aliphatic heterocycles. The van der Waals surface area contributed by atoms with Crippen LogP contribution >= 0.6 is 11.8 Å². The highest BCUT2D eigenvalue weighted by molar-refractivity contribution is 7.98. The number of benzene rings is 2. The van der Waals surface area contributed by atoms with Crippen LogP contribution in [-0.4, -0.2) is 14.8 Å². The Kier molecular flexibility index (Phi) is 4.84. The number of nitrogens with zero attached hydrogens (tertiary/aromatic N) is 3. The smallest absolute Gasteiger partial charge is 0.208 e. The molecule has 3 nitrogen and oxygen atoms in total. The third-order valence-electron chi connectivity index (χ3n) is 3.23. The molecule has 0 spiro atoms. The second-order valence-corrected chi connectivity index (χ2v) is 5.93. The predicted octanol–water partition coefficient (Wildman–Crippen LogP) is 4.18. The van der Waals surface area contributed by atoms with E-state index in [1.807, 2.05) is 0 Å². The Balaban J connectivity index is 1.65. The number of aromatic nitrogens is 3. The molecule has 1 heterocycles.